The molecule has 5 rings (SSSR count). The zero-order chi connectivity index (χ0) is 26.5. The molecule has 0 radical (unpaired) electrons. The molecule has 1 aliphatic heterocycles. The van der Waals surface area contributed by atoms with Gasteiger partial charge in [0, 0.05) is 68.0 Å². The maximum atomic E-state index is 12.4. The molecule has 0 aliphatic carbocycles. The Balaban J connectivity index is 1.42. The lowest BCUT2D eigenvalue weighted by Gasteiger charge is -2.23. The van der Waals surface area contributed by atoms with E-state index in [1.165, 1.54) is 5.56 Å². The lowest BCUT2D eigenvalue weighted by Crippen LogP contribution is -2.30. The number of carbonyl (C=O) groups excluding carboxylic acids is 1. The average Bonchev–Trinajstić information content (AvgIpc) is 3.19. The van der Waals surface area contributed by atoms with Crippen molar-refractivity contribution in [1.82, 2.24) is 14.9 Å². The van der Waals surface area contributed by atoms with E-state index < -0.39 is 5.91 Å². The van der Waals surface area contributed by atoms with Gasteiger partial charge in [-0.3, -0.25) is 14.7 Å². The van der Waals surface area contributed by atoms with Crippen LogP contribution in [0.5, 0.6) is 0 Å². The fourth-order valence-electron chi connectivity index (χ4n) is 5.12. The van der Waals surface area contributed by atoms with Crippen LogP contribution in [-0.4, -0.2) is 47.0 Å². The molecule has 2 aromatic carbocycles. The standard InChI is InChI=1S/C31H30N6O/c1-22-5-11-27(31(33)38)30(29(22)25-8-6-23(18-32)7-9-25)26-10-12-28(35-20-26)37-15-3-14-36(16-17-37)21-24-4-2-13-34-19-24/h2,4-13,19-20H,3,14-17,21H2,1H3,(H2,33,38). The highest BCUT2D eigenvalue weighted by Crippen LogP contribution is 2.38. The Labute approximate surface area is 223 Å². The number of carbonyl (C=O) groups is 1. The number of nitriles is 1. The van der Waals surface area contributed by atoms with Crippen LogP contribution in [0.2, 0.25) is 0 Å². The number of rotatable bonds is 6. The van der Waals surface area contributed by atoms with Gasteiger partial charge in [-0.25, -0.2) is 4.98 Å². The second kappa shape index (κ2) is 11.2. The molecule has 1 saturated heterocycles. The zero-order valence-corrected chi connectivity index (χ0v) is 21.5. The van der Waals surface area contributed by atoms with Crippen LogP contribution in [0.25, 0.3) is 22.3 Å². The van der Waals surface area contributed by atoms with E-state index in [1.807, 2.05) is 55.7 Å². The van der Waals surface area contributed by atoms with Crippen LogP contribution in [0.1, 0.15) is 33.5 Å². The smallest absolute Gasteiger partial charge is 0.249 e. The van der Waals surface area contributed by atoms with Crippen molar-refractivity contribution in [1.29, 1.82) is 5.26 Å². The van der Waals surface area contributed by atoms with Gasteiger partial charge >= 0.3 is 0 Å². The predicted octanol–water partition coefficient (Wildman–Crippen LogP) is 4.80. The van der Waals surface area contributed by atoms with Crippen molar-refractivity contribution in [3.63, 3.8) is 0 Å². The Morgan fingerprint density at radius 3 is 2.45 bits per heavy atom. The number of nitrogens with two attached hydrogens (primary N) is 1. The van der Waals surface area contributed by atoms with Crippen LogP contribution in [0.4, 0.5) is 5.82 Å². The molecule has 0 bridgehead atoms. The van der Waals surface area contributed by atoms with E-state index >= 15 is 0 Å². The molecule has 7 heteroatoms. The predicted molar refractivity (Wildman–Crippen MR) is 149 cm³/mol. The molecular weight excluding hydrogens is 472 g/mol. The molecule has 2 N–H and O–H groups in total. The number of pyridine rings is 2. The summed E-state index contributed by atoms with van der Waals surface area (Å²) in [5.74, 6) is 0.436. The Hall–Kier alpha value is -4.54. The quantitative estimate of drug-likeness (QED) is 0.407. The lowest BCUT2D eigenvalue weighted by molar-refractivity contribution is 0.100. The maximum absolute atomic E-state index is 12.4. The molecule has 38 heavy (non-hydrogen) atoms. The van der Waals surface area contributed by atoms with E-state index in [1.54, 1.807) is 24.4 Å². The number of anilines is 1. The van der Waals surface area contributed by atoms with E-state index in [0.717, 1.165) is 72.8 Å². The van der Waals surface area contributed by atoms with Crippen molar-refractivity contribution in [3.05, 3.63) is 102 Å². The number of primary amides is 1. The van der Waals surface area contributed by atoms with Crippen molar-refractivity contribution in [2.24, 2.45) is 5.73 Å². The number of hydrogen-bond acceptors (Lipinski definition) is 6. The number of amides is 1. The molecule has 3 heterocycles. The fourth-order valence-corrected chi connectivity index (χ4v) is 5.12. The summed E-state index contributed by atoms with van der Waals surface area (Å²) in [6.45, 7) is 6.71. The van der Waals surface area contributed by atoms with Crippen LogP contribution in [0.15, 0.2) is 79.3 Å². The third-order valence-corrected chi connectivity index (χ3v) is 7.06. The van der Waals surface area contributed by atoms with Crippen molar-refractivity contribution >= 4 is 11.7 Å². The summed E-state index contributed by atoms with van der Waals surface area (Å²) in [5.41, 5.74) is 12.5. The Bertz CT molecular complexity index is 1460. The highest BCUT2D eigenvalue weighted by Gasteiger charge is 2.20. The Morgan fingerprint density at radius 2 is 1.76 bits per heavy atom. The summed E-state index contributed by atoms with van der Waals surface area (Å²) in [5, 5.41) is 9.21. The van der Waals surface area contributed by atoms with Gasteiger partial charge in [0.15, 0.2) is 0 Å². The largest absolute Gasteiger partial charge is 0.366 e. The first-order chi connectivity index (χ1) is 18.5. The van der Waals surface area contributed by atoms with Gasteiger partial charge in [0.05, 0.1) is 11.6 Å². The second-order valence-electron chi connectivity index (χ2n) is 9.62. The summed E-state index contributed by atoms with van der Waals surface area (Å²) < 4.78 is 0. The second-order valence-corrected chi connectivity index (χ2v) is 9.62. The summed E-state index contributed by atoms with van der Waals surface area (Å²) in [6, 6.07) is 21.4. The first kappa shape index (κ1) is 25.1. The molecule has 0 unspecified atom stereocenters. The topological polar surface area (TPSA) is 99.1 Å². The van der Waals surface area contributed by atoms with Gasteiger partial charge in [-0.1, -0.05) is 24.3 Å². The third kappa shape index (κ3) is 5.41. The van der Waals surface area contributed by atoms with Gasteiger partial charge in [0.2, 0.25) is 5.91 Å². The minimum atomic E-state index is -0.486. The highest BCUT2D eigenvalue weighted by molar-refractivity contribution is 6.04. The number of aromatic nitrogens is 2. The molecule has 1 aliphatic rings. The van der Waals surface area contributed by atoms with Gasteiger partial charge < -0.3 is 10.6 Å². The summed E-state index contributed by atoms with van der Waals surface area (Å²) in [4.78, 5) is 26.3. The molecule has 1 fully saturated rings. The first-order valence-electron chi connectivity index (χ1n) is 12.8. The van der Waals surface area contributed by atoms with E-state index in [-0.39, 0.29) is 0 Å². The molecule has 1 amide bonds. The molecule has 0 atom stereocenters. The van der Waals surface area contributed by atoms with Crippen LogP contribution in [-0.2, 0) is 6.54 Å². The van der Waals surface area contributed by atoms with Crippen LogP contribution >= 0.6 is 0 Å². The molecule has 2 aromatic heterocycles. The summed E-state index contributed by atoms with van der Waals surface area (Å²) in [6.07, 6.45) is 6.62. The number of hydrogen-bond donors (Lipinski definition) is 1. The monoisotopic (exact) mass is 502 g/mol. The number of aryl methyl sites for hydroxylation is 1. The van der Waals surface area contributed by atoms with Gasteiger partial charge in [-0.05, 0) is 72.0 Å². The van der Waals surface area contributed by atoms with Crippen LogP contribution in [0.3, 0.4) is 0 Å². The zero-order valence-electron chi connectivity index (χ0n) is 21.5. The lowest BCUT2D eigenvalue weighted by atomic mass is 9.87. The van der Waals surface area contributed by atoms with E-state index in [0.29, 0.717) is 11.1 Å². The number of benzene rings is 2. The van der Waals surface area contributed by atoms with Crippen molar-refractivity contribution in [2.75, 3.05) is 31.1 Å². The third-order valence-electron chi connectivity index (χ3n) is 7.06. The van der Waals surface area contributed by atoms with E-state index in [9.17, 15) is 10.1 Å². The van der Waals surface area contributed by atoms with Gasteiger partial charge in [-0.15, -0.1) is 0 Å². The van der Waals surface area contributed by atoms with E-state index in [4.69, 9.17) is 10.7 Å². The van der Waals surface area contributed by atoms with Crippen molar-refractivity contribution in [3.8, 4) is 28.3 Å². The maximum Gasteiger partial charge on any atom is 0.249 e. The SMILES string of the molecule is Cc1ccc(C(N)=O)c(-c2ccc(N3CCCN(Cc4cccnc4)CC3)nc2)c1-c1ccc(C#N)cc1. The summed E-state index contributed by atoms with van der Waals surface area (Å²) >= 11 is 0. The van der Waals surface area contributed by atoms with E-state index in [2.05, 4.69) is 26.9 Å². The van der Waals surface area contributed by atoms with Crippen LogP contribution < -0.4 is 10.6 Å². The minimum Gasteiger partial charge on any atom is -0.366 e. The highest BCUT2D eigenvalue weighted by atomic mass is 16.1. The summed E-state index contributed by atoms with van der Waals surface area (Å²) in [7, 11) is 0. The average molecular weight is 503 g/mol. The molecular formula is C31H30N6O. The van der Waals surface area contributed by atoms with Gasteiger partial charge in [0.1, 0.15) is 5.82 Å². The Kier molecular flexibility index (Phi) is 7.43. The number of nitrogens with zero attached hydrogens (tertiary/aromatic N) is 5. The van der Waals surface area contributed by atoms with Crippen molar-refractivity contribution in [2.45, 2.75) is 19.9 Å². The molecule has 7 nitrogen and oxygen atoms in total. The normalized spacial score (nSPS) is 14.1. The van der Waals surface area contributed by atoms with Gasteiger partial charge in [0.25, 0.3) is 0 Å². The Morgan fingerprint density at radius 1 is 0.947 bits per heavy atom. The molecule has 4 aromatic rings. The fraction of sp³-hybridized carbons (Fsp3) is 0.226. The molecule has 0 saturated carbocycles. The minimum absolute atomic E-state index is 0.449. The first-order valence-corrected chi connectivity index (χ1v) is 12.8. The molecule has 190 valence electrons. The van der Waals surface area contributed by atoms with Crippen molar-refractivity contribution < 1.29 is 4.79 Å². The van der Waals surface area contributed by atoms with Crippen LogP contribution in [0, 0.1) is 18.3 Å². The van der Waals surface area contributed by atoms with Gasteiger partial charge in [-0.2, -0.15) is 5.26 Å². The molecule has 0 spiro atoms.